The summed E-state index contributed by atoms with van der Waals surface area (Å²) in [5.74, 6) is 0. The largest absolute Gasteiger partial charge is 0.350 e. The third kappa shape index (κ3) is 3.68. The van der Waals surface area contributed by atoms with Gasteiger partial charge in [-0.3, -0.25) is 10.9 Å². The summed E-state index contributed by atoms with van der Waals surface area (Å²) in [6.07, 6.45) is 0. The van der Waals surface area contributed by atoms with Crippen LogP contribution in [0.4, 0.5) is 10.5 Å². The van der Waals surface area contributed by atoms with E-state index in [0.717, 1.165) is 5.69 Å². The van der Waals surface area contributed by atoms with E-state index in [1.54, 1.807) is 0 Å². The lowest BCUT2D eigenvalue weighted by Crippen LogP contribution is -2.34. The summed E-state index contributed by atoms with van der Waals surface area (Å²) in [4.78, 5) is 10.2. The van der Waals surface area contributed by atoms with E-state index in [9.17, 15) is 4.79 Å². The molecule has 0 fully saturated rings. The van der Waals surface area contributed by atoms with Crippen molar-refractivity contribution in [2.24, 2.45) is 5.73 Å². The Morgan fingerprint density at radius 2 is 1.83 bits per heavy atom. The fraction of sp³-hybridized carbons (Fsp3) is 0. The van der Waals surface area contributed by atoms with Gasteiger partial charge >= 0.3 is 6.03 Å². The number of hydrogen-bond acceptors (Lipinski definition) is 2. The number of urea groups is 1. The highest BCUT2D eigenvalue weighted by atomic mass is 35.5. The molecule has 0 atom stereocenters. The van der Waals surface area contributed by atoms with Crippen molar-refractivity contribution in [2.75, 3.05) is 5.43 Å². The number of nitrogens with one attached hydrogen (secondary N) is 2. The van der Waals surface area contributed by atoms with Gasteiger partial charge in [0.25, 0.3) is 0 Å². The first-order valence-corrected chi connectivity index (χ1v) is 3.15. The molecule has 0 spiro atoms. The lowest BCUT2D eigenvalue weighted by atomic mass is 10.3. The third-order valence-corrected chi connectivity index (χ3v) is 1.10. The predicted molar refractivity (Wildman–Crippen MR) is 50.0 cm³/mol. The zero-order chi connectivity index (χ0) is 8.10. The number of hydrogen-bond donors (Lipinski definition) is 3. The number of nitrogens with two attached hydrogens (primary N) is 1. The molecule has 0 saturated carbocycles. The number of amides is 2. The van der Waals surface area contributed by atoms with Crippen molar-refractivity contribution in [1.82, 2.24) is 5.43 Å². The van der Waals surface area contributed by atoms with E-state index in [-0.39, 0.29) is 12.4 Å². The van der Waals surface area contributed by atoms with Crippen molar-refractivity contribution in [1.29, 1.82) is 0 Å². The summed E-state index contributed by atoms with van der Waals surface area (Å²) in [5.41, 5.74) is 10.5. The summed E-state index contributed by atoms with van der Waals surface area (Å²) < 4.78 is 0. The fourth-order valence-electron chi connectivity index (χ4n) is 0.655. The number of anilines is 1. The van der Waals surface area contributed by atoms with Crippen molar-refractivity contribution in [3.05, 3.63) is 30.3 Å². The van der Waals surface area contributed by atoms with Crippen LogP contribution in [0.2, 0.25) is 0 Å². The first kappa shape index (κ1) is 10.6. The minimum absolute atomic E-state index is 0. The number of para-hydroxylation sites is 1. The van der Waals surface area contributed by atoms with Crippen LogP contribution in [-0.4, -0.2) is 6.03 Å². The number of carbonyl (C=O) groups excluding carboxylic acids is 1. The highest BCUT2D eigenvalue weighted by molar-refractivity contribution is 5.85. The Balaban J connectivity index is 0.00000121. The Morgan fingerprint density at radius 3 is 2.33 bits per heavy atom. The minimum Gasteiger partial charge on any atom is -0.350 e. The van der Waals surface area contributed by atoms with Gasteiger partial charge in [0.1, 0.15) is 0 Å². The van der Waals surface area contributed by atoms with Crippen LogP contribution in [0.5, 0.6) is 0 Å². The van der Waals surface area contributed by atoms with E-state index in [2.05, 4.69) is 10.9 Å². The molecular formula is C7H10ClN3O. The normalized spacial score (nSPS) is 8.00. The maximum Gasteiger partial charge on any atom is 0.330 e. The molecular weight excluding hydrogens is 178 g/mol. The Morgan fingerprint density at radius 1 is 1.25 bits per heavy atom. The molecule has 66 valence electrons. The number of carbonyl (C=O) groups is 1. The van der Waals surface area contributed by atoms with Crippen LogP contribution < -0.4 is 16.6 Å². The standard InChI is InChI=1S/C7H9N3O.ClH/c8-7(11)10-9-6-4-2-1-3-5-6;/h1-5,9H,(H3,8,10,11);1H. The number of hydrazine groups is 1. The maximum atomic E-state index is 10.2. The van der Waals surface area contributed by atoms with Gasteiger partial charge in [-0.25, -0.2) is 4.79 Å². The molecule has 0 aliphatic heterocycles. The Hall–Kier alpha value is -1.42. The van der Waals surface area contributed by atoms with Crippen LogP contribution in [0.1, 0.15) is 0 Å². The van der Waals surface area contributed by atoms with Gasteiger partial charge in [0.05, 0.1) is 5.69 Å². The molecule has 0 bridgehead atoms. The van der Waals surface area contributed by atoms with Gasteiger partial charge in [0.15, 0.2) is 0 Å². The number of rotatable bonds is 2. The zero-order valence-electron chi connectivity index (χ0n) is 6.28. The lowest BCUT2D eigenvalue weighted by Gasteiger charge is -2.03. The van der Waals surface area contributed by atoms with Gasteiger partial charge in [-0.05, 0) is 12.1 Å². The van der Waals surface area contributed by atoms with E-state index < -0.39 is 6.03 Å². The van der Waals surface area contributed by atoms with Gasteiger partial charge in [-0.2, -0.15) is 0 Å². The molecule has 0 saturated heterocycles. The van der Waals surface area contributed by atoms with Crippen molar-refractivity contribution in [2.45, 2.75) is 0 Å². The molecule has 2 amide bonds. The van der Waals surface area contributed by atoms with E-state index in [0.29, 0.717) is 0 Å². The maximum absolute atomic E-state index is 10.2. The molecule has 0 aromatic heterocycles. The predicted octanol–water partition coefficient (Wildman–Crippen LogP) is 1.10. The van der Waals surface area contributed by atoms with Crippen LogP contribution in [0.3, 0.4) is 0 Å². The van der Waals surface area contributed by atoms with E-state index in [4.69, 9.17) is 5.73 Å². The van der Waals surface area contributed by atoms with Gasteiger partial charge in [0.2, 0.25) is 0 Å². The average molecular weight is 188 g/mol. The molecule has 4 N–H and O–H groups in total. The molecule has 1 aromatic carbocycles. The van der Waals surface area contributed by atoms with E-state index in [1.807, 2.05) is 30.3 Å². The van der Waals surface area contributed by atoms with Gasteiger partial charge < -0.3 is 5.73 Å². The Kier molecular flexibility index (Phi) is 4.64. The van der Waals surface area contributed by atoms with Gasteiger partial charge in [-0.15, -0.1) is 12.4 Å². The first-order chi connectivity index (χ1) is 5.29. The number of primary amides is 1. The van der Waals surface area contributed by atoms with Crippen LogP contribution in [-0.2, 0) is 0 Å². The van der Waals surface area contributed by atoms with Crippen molar-refractivity contribution in [3.63, 3.8) is 0 Å². The Bertz CT molecular complexity index is 240. The molecule has 5 heteroatoms. The Labute approximate surface area is 76.5 Å². The van der Waals surface area contributed by atoms with Gasteiger partial charge in [-0.1, -0.05) is 18.2 Å². The van der Waals surface area contributed by atoms with Crippen LogP contribution in [0.15, 0.2) is 30.3 Å². The second-order valence-electron chi connectivity index (χ2n) is 1.98. The number of benzene rings is 1. The quantitative estimate of drug-likeness (QED) is 0.607. The second kappa shape index (κ2) is 5.26. The van der Waals surface area contributed by atoms with Crippen LogP contribution >= 0.6 is 12.4 Å². The highest BCUT2D eigenvalue weighted by Crippen LogP contribution is 2.01. The molecule has 12 heavy (non-hydrogen) atoms. The van der Waals surface area contributed by atoms with Crippen LogP contribution in [0.25, 0.3) is 0 Å². The highest BCUT2D eigenvalue weighted by Gasteiger charge is 1.89. The average Bonchev–Trinajstić information content (AvgIpc) is 2.03. The third-order valence-electron chi connectivity index (χ3n) is 1.10. The minimum atomic E-state index is -0.603. The number of halogens is 1. The topological polar surface area (TPSA) is 67.2 Å². The summed E-state index contributed by atoms with van der Waals surface area (Å²) in [5, 5.41) is 0. The molecule has 0 aliphatic carbocycles. The summed E-state index contributed by atoms with van der Waals surface area (Å²) in [7, 11) is 0. The first-order valence-electron chi connectivity index (χ1n) is 3.15. The smallest absolute Gasteiger partial charge is 0.330 e. The molecule has 0 aliphatic rings. The molecule has 0 heterocycles. The summed E-state index contributed by atoms with van der Waals surface area (Å²) in [6, 6.07) is 8.62. The van der Waals surface area contributed by atoms with Crippen molar-refractivity contribution < 1.29 is 4.79 Å². The zero-order valence-corrected chi connectivity index (χ0v) is 7.10. The van der Waals surface area contributed by atoms with E-state index >= 15 is 0 Å². The molecule has 0 unspecified atom stereocenters. The van der Waals surface area contributed by atoms with Gasteiger partial charge in [0, 0.05) is 0 Å². The molecule has 1 rings (SSSR count). The molecule has 4 nitrogen and oxygen atoms in total. The lowest BCUT2D eigenvalue weighted by molar-refractivity contribution is 0.250. The van der Waals surface area contributed by atoms with E-state index in [1.165, 1.54) is 0 Å². The second-order valence-corrected chi connectivity index (χ2v) is 1.98. The van der Waals surface area contributed by atoms with Crippen LogP contribution in [0, 0.1) is 0 Å². The fourth-order valence-corrected chi connectivity index (χ4v) is 0.655. The molecule has 1 aromatic rings. The molecule has 0 radical (unpaired) electrons. The van der Waals surface area contributed by atoms with Crippen molar-refractivity contribution in [3.8, 4) is 0 Å². The summed E-state index contributed by atoms with van der Waals surface area (Å²) >= 11 is 0. The monoisotopic (exact) mass is 187 g/mol. The SMILES string of the molecule is Cl.NC(=O)NNc1ccccc1. The summed E-state index contributed by atoms with van der Waals surface area (Å²) in [6.45, 7) is 0. The van der Waals surface area contributed by atoms with Crippen molar-refractivity contribution >= 4 is 24.1 Å².